The minimum Gasteiger partial charge on any atom is -0.352 e. The van der Waals surface area contributed by atoms with Crippen molar-refractivity contribution in [1.29, 1.82) is 0 Å². The molecule has 2 aromatic rings. The predicted molar refractivity (Wildman–Crippen MR) is 108 cm³/mol. The van der Waals surface area contributed by atoms with Gasteiger partial charge in [-0.2, -0.15) is 11.3 Å². The van der Waals surface area contributed by atoms with Crippen molar-refractivity contribution in [1.82, 2.24) is 9.88 Å². The Hall–Kier alpha value is -2.21. The fourth-order valence-electron chi connectivity index (χ4n) is 3.36. The number of rotatable bonds is 6. The molecule has 0 atom stereocenters. The Morgan fingerprint density at radius 3 is 2.81 bits per heavy atom. The molecule has 3 rings (SSSR count). The predicted octanol–water partition coefficient (Wildman–Crippen LogP) is 3.94. The number of aromatic nitrogens is 1. The molecule has 0 unspecified atom stereocenters. The zero-order chi connectivity index (χ0) is 19.1. The molecule has 2 heterocycles. The monoisotopic (exact) mass is 385 g/mol. The molecule has 1 amide bonds. The van der Waals surface area contributed by atoms with Gasteiger partial charge in [0, 0.05) is 30.1 Å². The van der Waals surface area contributed by atoms with Crippen LogP contribution in [0.2, 0.25) is 0 Å². The van der Waals surface area contributed by atoms with E-state index in [2.05, 4.69) is 5.32 Å². The highest BCUT2D eigenvalue weighted by Crippen LogP contribution is 2.19. The van der Waals surface area contributed by atoms with Crippen LogP contribution in [0.25, 0.3) is 0 Å². The molecule has 0 saturated heterocycles. The van der Waals surface area contributed by atoms with E-state index in [9.17, 15) is 9.59 Å². The third kappa shape index (κ3) is 5.63. The lowest BCUT2D eigenvalue weighted by atomic mass is 9.96. The molecule has 144 valence electrons. The summed E-state index contributed by atoms with van der Waals surface area (Å²) in [5.41, 5.74) is 2.54. The molecule has 1 N–H and O–H groups in total. The number of nitrogens with one attached hydrogen (secondary N) is 1. The van der Waals surface area contributed by atoms with Crippen LogP contribution in [-0.2, 0) is 0 Å². The normalized spacial score (nSPS) is 15.7. The van der Waals surface area contributed by atoms with Gasteiger partial charge in [0.1, 0.15) is 5.49 Å². The van der Waals surface area contributed by atoms with Gasteiger partial charge in [-0.1, -0.05) is 19.3 Å². The van der Waals surface area contributed by atoms with Gasteiger partial charge < -0.3 is 5.32 Å². The summed E-state index contributed by atoms with van der Waals surface area (Å²) in [5, 5.41) is 6.56. The minimum atomic E-state index is -0.0836. The Morgan fingerprint density at radius 2 is 2.07 bits per heavy atom. The first-order valence-corrected chi connectivity index (χ1v) is 10.6. The third-order valence-electron chi connectivity index (χ3n) is 4.88. The van der Waals surface area contributed by atoms with Crippen LogP contribution in [0, 0.1) is 6.92 Å². The van der Waals surface area contributed by atoms with Crippen LogP contribution >= 0.6 is 11.3 Å². The lowest BCUT2D eigenvalue weighted by Gasteiger charge is -2.18. The molecule has 0 spiro atoms. The summed E-state index contributed by atoms with van der Waals surface area (Å²) >= 11 is 1.50. The summed E-state index contributed by atoms with van der Waals surface area (Å²) in [5.74, 6) is -0.0611. The molecular formula is C21H27N3O2S. The molecular weight excluding hydrogens is 358 g/mol. The fraction of sp³-hybridized carbons (Fsp3) is 0.476. The van der Waals surface area contributed by atoms with E-state index in [0.717, 1.165) is 23.9 Å². The number of hydrogen-bond acceptors (Lipinski definition) is 4. The smallest absolute Gasteiger partial charge is 0.252 e. The van der Waals surface area contributed by atoms with Gasteiger partial charge in [0.05, 0.1) is 6.04 Å². The van der Waals surface area contributed by atoms with Crippen molar-refractivity contribution >= 4 is 23.2 Å². The number of carbonyl (C=O) groups is 2. The van der Waals surface area contributed by atoms with Gasteiger partial charge in [0.25, 0.3) is 5.91 Å². The second-order valence-corrected chi connectivity index (χ2v) is 7.90. The lowest BCUT2D eigenvalue weighted by Crippen LogP contribution is -2.30. The Bertz CT molecular complexity index is 833. The van der Waals surface area contributed by atoms with E-state index >= 15 is 0 Å². The van der Waals surface area contributed by atoms with E-state index in [4.69, 9.17) is 4.99 Å². The highest BCUT2D eigenvalue weighted by atomic mass is 32.1. The maximum absolute atomic E-state index is 12.7. The zero-order valence-corrected chi connectivity index (χ0v) is 16.6. The standard InChI is InChI=1S/C21H27N3O2S/c1-16-9-12-24(19(14-16)23-18-6-3-2-4-7-18)20(25)8-5-11-22-21(26)17-10-13-27-15-17/h9-10,12-15,18H,2-8,11H2,1H3,(H,22,26). The highest BCUT2D eigenvalue weighted by molar-refractivity contribution is 7.08. The van der Waals surface area contributed by atoms with E-state index in [1.807, 2.05) is 36.0 Å². The van der Waals surface area contributed by atoms with Crippen LogP contribution < -0.4 is 10.8 Å². The van der Waals surface area contributed by atoms with Crippen molar-refractivity contribution in [3.05, 3.63) is 51.8 Å². The summed E-state index contributed by atoms with van der Waals surface area (Å²) in [7, 11) is 0. The number of aryl methyl sites for hydroxylation is 1. The Balaban J connectivity index is 1.59. The molecule has 0 aromatic carbocycles. The van der Waals surface area contributed by atoms with Crippen LogP contribution in [0.15, 0.2) is 40.1 Å². The van der Waals surface area contributed by atoms with Crippen molar-refractivity contribution in [2.45, 2.75) is 57.9 Å². The second kappa shape index (κ2) is 9.65. The minimum absolute atomic E-state index is 0.0225. The summed E-state index contributed by atoms with van der Waals surface area (Å²) in [6.07, 6.45) is 8.76. The first-order valence-electron chi connectivity index (χ1n) is 9.70. The average Bonchev–Trinajstić information content (AvgIpc) is 3.21. The van der Waals surface area contributed by atoms with Gasteiger partial charge in [-0.25, -0.2) is 0 Å². The maximum Gasteiger partial charge on any atom is 0.252 e. The highest BCUT2D eigenvalue weighted by Gasteiger charge is 2.13. The molecule has 0 aliphatic heterocycles. The Morgan fingerprint density at radius 1 is 1.26 bits per heavy atom. The number of carbonyl (C=O) groups excluding carboxylic acids is 2. The summed E-state index contributed by atoms with van der Waals surface area (Å²) in [6, 6.07) is 6.05. The van der Waals surface area contributed by atoms with Crippen molar-refractivity contribution in [2.75, 3.05) is 6.54 Å². The summed E-state index contributed by atoms with van der Waals surface area (Å²) < 4.78 is 1.67. The van der Waals surface area contributed by atoms with E-state index in [1.165, 1.54) is 30.6 Å². The topological polar surface area (TPSA) is 63.5 Å². The Kier molecular flexibility index (Phi) is 6.98. The van der Waals surface area contributed by atoms with Gasteiger partial charge in [0.15, 0.2) is 0 Å². The van der Waals surface area contributed by atoms with Crippen LogP contribution in [0.4, 0.5) is 0 Å². The number of nitrogens with zero attached hydrogens (tertiary/aromatic N) is 2. The molecule has 1 aliphatic rings. The number of pyridine rings is 1. The summed E-state index contributed by atoms with van der Waals surface area (Å²) in [6.45, 7) is 2.51. The van der Waals surface area contributed by atoms with Crippen molar-refractivity contribution in [3.63, 3.8) is 0 Å². The van der Waals surface area contributed by atoms with Crippen LogP contribution in [0.3, 0.4) is 0 Å². The van der Waals surface area contributed by atoms with E-state index in [1.54, 1.807) is 10.6 Å². The largest absolute Gasteiger partial charge is 0.352 e. The molecule has 2 aromatic heterocycles. The molecule has 1 fully saturated rings. The summed E-state index contributed by atoms with van der Waals surface area (Å²) in [4.78, 5) is 29.5. The maximum atomic E-state index is 12.7. The van der Waals surface area contributed by atoms with Gasteiger partial charge >= 0.3 is 0 Å². The fourth-order valence-corrected chi connectivity index (χ4v) is 3.99. The van der Waals surface area contributed by atoms with Crippen LogP contribution in [0.1, 0.15) is 65.7 Å². The molecule has 6 heteroatoms. The number of thiophene rings is 1. The van der Waals surface area contributed by atoms with Crippen molar-refractivity contribution in [3.8, 4) is 0 Å². The lowest BCUT2D eigenvalue weighted by molar-refractivity contribution is 0.0884. The van der Waals surface area contributed by atoms with E-state index in [-0.39, 0.29) is 11.8 Å². The van der Waals surface area contributed by atoms with Crippen molar-refractivity contribution in [2.24, 2.45) is 4.99 Å². The van der Waals surface area contributed by atoms with Gasteiger partial charge in [-0.3, -0.25) is 19.1 Å². The first kappa shape index (κ1) is 19.5. The molecule has 1 saturated carbocycles. The zero-order valence-electron chi connectivity index (χ0n) is 15.8. The second-order valence-electron chi connectivity index (χ2n) is 7.12. The average molecular weight is 386 g/mol. The SMILES string of the molecule is Cc1ccn(C(=O)CCCNC(=O)c2ccsc2)c(=NC2CCCCC2)c1. The third-order valence-corrected chi connectivity index (χ3v) is 5.57. The van der Waals surface area contributed by atoms with Gasteiger partial charge in [-0.05, 0) is 55.3 Å². The van der Waals surface area contributed by atoms with E-state index < -0.39 is 0 Å². The van der Waals surface area contributed by atoms with Crippen LogP contribution in [-0.4, -0.2) is 29.0 Å². The quantitative estimate of drug-likeness (QED) is 0.766. The first-order chi connectivity index (χ1) is 13.1. The molecule has 0 bridgehead atoms. The molecule has 0 radical (unpaired) electrons. The van der Waals surface area contributed by atoms with E-state index in [0.29, 0.717) is 31.0 Å². The molecule has 27 heavy (non-hydrogen) atoms. The van der Waals surface area contributed by atoms with Gasteiger partial charge in [0.2, 0.25) is 5.91 Å². The molecule has 1 aliphatic carbocycles. The van der Waals surface area contributed by atoms with Gasteiger partial charge in [-0.15, -0.1) is 0 Å². The number of hydrogen-bond donors (Lipinski definition) is 1. The van der Waals surface area contributed by atoms with Crippen molar-refractivity contribution < 1.29 is 9.59 Å². The van der Waals surface area contributed by atoms with Crippen LogP contribution in [0.5, 0.6) is 0 Å². The Labute approximate surface area is 164 Å². The number of amides is 1. The molecule has 5 nitrogen and oxygen atoms in total.